The molecule has 0 aliphatic heterocycles. The normalized spacial score (nSPS) is 12.1. The average Bonchev–Trinajstić information content (AvgIpc) is 2.35. The van der Waals surface area contributed by atoms with Gasteiger partial charge in [0.1, 0.15) is 0 Å². The number of benzene rings is 1. The molecule has 104 valence electrons. The summed E-state index contributed by atoms with van der Waals surface area (Å²) in [6, 6.07) is 4.17. The zero-order valence-electron chi connectivity index (χ0n) is 9.90. The molecule has 0 radical (unpaired) electrons. The van der Waals surface area contributed by atoms with Crippen LogP contribution in [-0.4, -0.2) is 18.6 Å². The van der Waals surface area contributed by atoms with E-state index in [1.165, 1.54) is 12.1 Å². The Labute approximate surface area is 106 Å². The van der Waals surface area contributed by atoms with Gasteiger partial charge in [-0.3, -0.25) is 4.84 Å². The van der Waals surface area contributed by atoms with Gasteiger partial charge in [-0.25, -0.2) is 4.79 Å². The molecule has 0 bridgehead atoms. The zero-order chi connectivity index (χ0) is 14.5. The van der Waals surface area contributed by atoms with Crippen LogP contribution in [0.1, 0.15) is 18.1 Å². The van der Waals surface area contributed by atoms with E-state index in [1.807, 2.05) is 0 Å². The third-order valence-corrected chi connectivity index (χ3v) is 1.97. The second kappa shape index (κ2) is 6.07. The molecule has 0 aliphatic rings. The fourth-order valence-corrected chi connectivity index (χ4v) is 1.14. The Balaban J connectivity index is 2.85. The van der Waals surface area contributed by atoms with Crippen molar-refractivity contribution in [3.05, 3.63) is 35.4 Å². The Kier molecular flexibility index (Phi) is 4.74. The molecule has 8 heteroatoms. The molecule has 0 heterocycles. The summed E-state index contributed by atoms with van der Waals surface area (Å²) in [5, 5.41) is 3.19. The summed E-state index contributed by atoms with van der Waals surface area (Å²) in [6.07, 6.45) is -5.57. The summed E-state index contributed by atoms with van der Waals surface area (Å²) in [6.45, 7) is 1.64. The van der Waals surface area contributed by atoms with Crippen molar-refractivity contribution in [2.75, 3.05) is 6.61 Å². The minimum absolute atomic E-state index is 0.0147. The Bertz CT molecular complexity index is 486. The number of nitrogens with zero attached hydrogens (tertiary/aromatic N) is 1. The molecule has 5 nitrogen and oxygen atoms in total. The van der Waals surface area contributed by atoms with Crippen LogP contribution >= 0.6 is 0 Å². The van der Waals surface area contributed by atoms with Crippen LogP contribution in [0.15, 0.2) is 29.4 Å². The lowest BCUT2D eigenvalue weighted by Crippen LogP contribution is -2.17. The summed E-state index contributed by atoms with van der Waals surface area (Å²) in [4.78, 5) is 15.1. The maximum atomic E-state index is 12.5. The van der Waals surface area contributed by atoms with Crippen LogP contribution in [0.25, 0.3) is 0 Å². The molecule has 0 saturated heterocycles. The fourth-order valence-electron chi connectivity index (χ4n) is 1.14. The number of rotatable bonds is 3. The number of oxime groups is 1. The first-order chi connectivity index (χ1) is 8.84. The van der Waals surface area contributed by atoms with Crippen LogP contribution in [0.5, 0.6) is 0 Å². The maximum Gasteiger partial charge on any atom is 0.535 e. The molecule has 1 rings (SSSR count). The van der Waals surface area contributed by atoms with Crippen LogP contribution in [0.3, 0.4) is 0 Å². The van der Waals surface area contributed by atoms with Gasteiger partial charge in [0.2, 0.25) is 0 Å². The van der Waals surface area contributed by atoms with Gasteiger partial charge in [-0.2, -0.15) is 13.2 Å². The quantitative estimate of drug-likeness (QED) is 0.302. The van der Waals surface area contributed by atoms with E-state index in [4.69, 9.17) is 5.73 Å². The summed E-state index contributed by atoms with van der Waals surface area (Å²) in [5.74, 6) is -0.362. The number of amidine groups is 1. The lowest BCUT2D eigenvalue weighted by Gasteiger charge is -2.08. The Morgan fingerprint density at radius 1 is 1.42 bits per heavy atom. The van der Waals surface area contributed by atoms with Crippen LogP contribution in [-0.2, 0) is 15.8 Å². The van der Waals surface area contributed by atoms with Crippen molar-refractivity contribution in [3.63, 3.8) is 0 Å². The number of ether oxygens (including phenoxy) is 1. The first-order valence-electron chi connectivity index (χ1n) is 5.19. The molecular weight excluding hydrogens is 265 g/mol. The van der Waals surface area contributed by atoms with Gasteiger partial charge in [0.15, 0.2) is 5.84 Å². The number of nitrogens with two attached hydrogens (primary N) is 1. The lowest BCUT2D eigenvalue weighted by molar-refractivity contribution is -0.137. The van der Waals surface area contributed by atoms with Gasteiger partial charge in [-0.05, 0) is 19.1 Å². The van der Waals surface area contributed by atoms with Crippen molar-refractivity contribution in [1.82, 2.24) is 0 Å². The van der Waals surface area contributed by atoms with E-state index in [0.29, 0.717) is 0 Å². The minimum Gasteiger partial charge on any atom is -0.433 e. The molecule has 0 aliphatic carbocycles. The summed E-state index contributed by atoms with van der Waals surface area (Å²) < 4.78 is 41.8. The highest BCUT2D eigenvalue weighted by Gasteiger charge is 2.30. The fraction of sp³-hybridized carbons (Fsp3) is 0.273. The van der Waals surface area contributed by atoms with Crippen LogP contribution in [0.2, 0.25) is 0 Å². The number of carbonyl (C=O) groups is 1. The topological polar surface area (TPSA) is 73.9 Å². The number of hydrogen-bond acceptors (Lipinski definition) is 4. The standard InChI is InChI=1S/C11H11F3N2O3/c1-2-18-10(17)19-16-9(15)7-4-3-5-8(6-7)11(12,13)14/h3-6H,2H2,1H3,(H2,15,16). The first kappa shape index (κ1) is 14.8. The Hall–Kier alpha value is -2.25. The van der Waals surface area contributed by atoms with E-state index in [1.54, 1.807) is 6.92 Å². The smallest absolute Gasteiger partial charge is 0.433 e. The summed E-state index contributed by atoms with van der Waals surface area (Å²) >= 11 is 0. The number of alkyl halides is 3. The second-order valence-corrected chi connectivity index (χ2v) is 3.33. The average molecular weight is 276 g/mol. The number of carbonyl (C=O) groups excluding carboxylic acids is 1. The predicted octanol–water partition coefficient (Wildman–Crippen LogP) is 2.50. The molecule has 2 N–H and O–H groups in total. The van der Waals surface area contributed by atoms with E-state index in [0.717, 1.165) is 12.1 Å². The third-order valence-electron chi connectivity index (χ3n) is 1.97. The monoisotopic (exact) mass is 276 g/mol. The van der Waals surface area contributed by atoms with Gasteiger partial charge in [0.05, 0.1) is 12.2 Å². The Morgan fingerprint density at radius 2 is 2.11 bits per heavy atom. The van der Waals surface area contributed by atoms with Crippen molar-refractivity contribution >= 4 is 12.0 Å². The van der Waals surface area contributed by atoms with Gasteiger partial charge in [0, 0.05) is 5.56 Å². The van der Waals surface area contributed by atoms with Gasteiger partial charge < -0.3 is 10.5 Å². The molecule has 0 fully saturated rings. The van der Waals surface area contributed by atoms with Crippen molar-refractivity contribution < 1.29 is 27.5 Å². The molecule has 19 heavy (non-hydrogen) atoms. The van der Waals surface area contributed by atoms with Gasteiger partial charge in [0.25, 0.3) is 0 Å². The molecule has 0 aromatic heterocycles. The second-order valence-electron chi connectivity index (χ2n) is 3.33. The van der Waals surface area contributed by atoms with E-state index < -0.39 is 17.9 Å². The number of halogens is 3. The highest BCUT2D eigenvalue weighted by atomic mass is 19.4. The molecule has 0 spiro atoms. The van der Waals surface area contributed by atoms with Crippen molar-refractivity contribution in [1.29, 1.82) is 0 Å². The van der Waals surface area contributed by atoms with Crippen molar-refractivity contribution in [2.45, 2.75) is 13.1 Å². The molecular formula is C11H11F3N2O3. The predicted molar refractivity (Wildman–Crippen MR) is 60.3 cm³/mol. The molecule has 0 saturated carbocycles. The molecule has 1 aromatic carbocycles. The maximum absolute atomic E-state index is 12.5. The van der Waals surface area contributed by atoms with E-state index in [-0.39, 0.29) is 18.0 Å². The van der Waals surface area contributed by atoms with Crippen LogP contribution in [0.4, 0.5) is 18.0 Å². The van der Waals surface area contributed by atoms with Crippen LogP contribution in [0, 0.1) is 0 Å². The lowest BCUT2D eigenvalue weighted by atomic mass is 10.1. The van der Waals surface area contributed by atoms with Gasteiger partial charge >= 0.3 is 12.3 Å². The molecule has 1 aromatic rings. The molecule has 0 amide bonds. The van der Waals surface area contributed by atoms with E-state index in [2.05, 4.69) is 14.7 Å². The van der Waals surface area contributed by atoms with Crippen LogP contribution < -0.4 is 5.73 Å². The third kappa shape index (κ3) is 4.49. The highest BCUT2D eigenvalue weighted by molar-refractivity contribution is 5.97. The molecule has 0 atom stereocenters. The minimum atomic E-state index is -4.49. The highest BCUT2D eigenvalue weighted by Crippen LogP contribution is 2.29. The van der Waals surface area contributed by atoms with Gasteiger partial charge in [-0.1, -0.05) is 17.3 Å². The number of hydrogen-bond donors (Lipinski definition) is 1. The van der Waals surface area contributed by atoms with Gasteiger partial charge in [-0.15, -0.1) is 0 Å². The van der Waals surface area contributed by atoms with E-state index in [9.17, 15) is 18.0 Å². The largest absolute Gasteiger partial charge is 0.535 e. The summed E-state index contributed by atoms with van der Waals surface area (Å²) in [7, 11) is 0. The molecule has 0 unspecified atom stereocenters. The first-order valence-corrected chi connectivity index (χ1v) is 5.19. The van der Waals surface area contributed by atoms with E-state index >= 15 is 0 Å². The Morgan fingerprint density at radius 3 is 2.68 bits per heavy atom. The van der Waals surface area contributed by atoms with Crippen molar-refractivity contribution in [3.8, 4) is 0 Å². The van der Waals surface area contributed by atoms with Crippen molar-refractivity contribution in [2.24, 2.45) is 10.9 Å². The summed E-state index contributed by atoms with van der Waals surface area (Å²) in [5.41, 5.74) is 4.51. The SMILES string of the molecule is CCOC(=O)O/N=C(\N)c1cccc(C(F)(F)F)c1. The zero-order valence-corrected chi connectivity index (χ0v) is 9.90.